The normalized spacial score (nSPS) is 11.1. The van der Waals surface area contributed by atoms with E-state index in [4.69, 9.17) is 11.6 Å². The number of anilines is 1. The molecule has 1 amide bonds. The van der Waals surface area contributed by atoms with Gasteiger partial charge in [-0.15, -0.1) is 11.3 Å². The maximum absolute atomic E-state index is 11.7. The van der Waals surface area contributed by atoms with Crippen molar-refractivity contribution >= 4 is 44.9 Å². The molecule has 0 saturated heterocycles. The van der Waals surface area contributed by atoms with Gasteiger partial charge in [-0.3, -0.25) is 4.79 Å². The van der Waals surface area contributed by atoms with Gasteiger partial charge in [0, 0.05) is 10.9 Å². The second kappa shape index (κ2) is 6.37. The highest BCUT2D eigenvalue weighted by atomic mass is 35.5. The average Bonchev–Trinajstić information content (AvgIpc) is 2.77. The van der Waals surface area contributed by atoms with Crippen LogP contribution in [0.15, 0.2) is 6.07 Å². The van der Waals surface area contributed by atoms with E-state index in [0.717, 1.165) is 16.6 Å². The predicted molar refractivity (Wildman–Crippen MR) is 83.6 cm³/mol. The third-order valence-electron chi connectivity index (χ3n) is 2.63. The van der Waals surface area contributed by atoms with Gasteiger partial charge in [0.2, 0.25) is 11.2 Å². The van der Waals surface area contributed by atoms with Crippen molar-refractivity contribution in [2.75, 3.05) is 11.9 Å². The average molecular weight is 313 g/mol. The summed E-state index contributed by atoms with van der Waals surface area (Å²) in [5.74, 6) is 0.531. The number of fused-ring (bicyclic) bond motifs is 1. The molecule has 0 atom stereocenters. The Labute approximate surface area is 126 Å². The molecule has 2 N–H and O–H groups in total. The van der Waals surface area contributed by atoms with Gasteiger partial charge in [0.15, 0.2) is 0 Å². The molecular formula is C13H17ClN4OS. The Morgan fingerprint density at radius 2 is 2.20 bits per heavy atom. The van der Waals surface area contributed by atoms with Crippen LogP contribution in [0.5, 0.6) is 0 Å². The van der Waals surface area contributed by atoms with Gasteiger partial charge in [-0.05, 0) is 37.9 Å². The number of hydrogen-bond acceptors (Lipinski definition) is 5. The molecule has 0 aliphatic carbocycles. The van der Waals surface area contributed by atoms with Gasteiger partial charge in [-0.2, -0.15) is 0 Å². The van der Waals surface area contributed by atoms with E-state index >= 15 is 0 Å². The van der Waals surface area contributed by atoms with Crippen molar-refractivity contribution in [1.82, 2.24) is 15.3 Å². The smallest absolute Gasteiger partial charge is 0.239 e. The van der Waals surface area contributed by atoms with E-state index in [0.29, 0.717) is 5.82 Å². The first-order valence-corrected chi connectivity index (χ1v) is 7.68. The molecule has 7 heteroatoms. The molecule has 0 bridgehead atoms. The topological polar surface area (TPSA) is 66.9 Å². The minimum atomic E-state index is -0.0752. The van der Waals surface area contributed by atoms with Gasteiger partial charge < -0.3 is 10.6 Å². The van der Waals surface area contributed by atoms with Crippen LogP contribution in [-0.4, -0.2) is 28.5 Å². The lowest BCUT2D eigenvalue weighted by Crippen LogP contribution is -2.35. The molecule has 0 aliphatic rings. The van der Waals surface area contributed by atoms with E-state index < -0.39 is 0 Å². The quantitative estimate of drug-likeness (QED) is 0.833. The van der Waals surface area contributed by atoms with E-state index in [1.54, 1.807) is 11.3 Å². The highest BCUT2D eigenvalue weighted by molar-refractivity contribution is 7.18. The van der Waals surface area contributed by atoms with Gasteiger partial charge in [0.1, 0.15) is 10.6 Å². The van der Waals surface area contributed by atoms with Crippen molar-refractivity contribution < 1.29 is 4.79 Å². The number of rotatable bonds is 5. The molecular weight excluding hydrogens is 296 g/mol. The second-order valence-corrected chi connectivity index (χ2v) is 6.16. The number of hydrogen-bond donors (Lipinski definition) is 2. The highest BCUT2D eigenvalue weighted by Gasteiger charge is 2.11. The number of aryl methyl sites for hydroxylation is 1. The molecule has 0 saturated carbocycles. The maximum atomic E-state index is 11.7. The molecule has 0 fully saturated rings. The molecule has 108 valence electrons. The van der Waals surface area contributed by atoms with Gasteiger partial charge in [0.05, 0.1) is 11.9 Å². The summed E-state index contributed by atoms with van der Waals surface area (Å²) >= 11 is 7.51. The zero-order chi connectivity index (χ0) is 14.7. The summed E-state index contributed by atoms with van der Waals surface area (Å²) in [5, 5.41) is 6.95. The molecule has 0 aliphatic heterocycles. The number of nitrogens with one attached hydrogen (secondary N) is 2. The lowest BCUT2D eigenvalue weighted by atomic mass is 10.3. The van der Waals surface area contributed by atoms with E-state index in [2.05, 4.69) is 27.5 Å². The molecule has 2 heterocycles. The first-order chi connectivity index (χ1) is 9.49. The number of carbonyl (C=O) groups is 1. The summed E-state index contributed by atoms with van der Waals surface area (Å²) in [5.41, 5.74) is 0. The van der Waals surface area contributed by atoms with Crippen molar-refractivity contribution in [2.24, 2.45) is 0 Å². The molecule has 2 rings (SSSR count). The number of nitrogens with zero attached hydrogens (tertiary/aromatic N) is 2. The second-order valence-electron chi connectivity index (χ2n) is 4.70. The summed E-state index contributed by atoms with van der Waals surface area (Å²) < 4.78 is 0. The van der Waals surface area contributed by atoms with Crippen LogP contribution in [0.1, 0.15) is 25.6 Å². The number of amides is 1. The van der Waals surface area contributed by atoms with Crippen LogP contribution < -0.4 is 10.6 Å². The third-order valence-corrected chi connectivity index (χ3v) is 3.97. The number of carbonyl (C=O) groups excluding carboxylic acids is 1. The molecule has 0 unspecified atom stereocenters. The lowest BCUT2D eigenvalue weighted by Gasteiger charge is -2.10. The standard InChI is InChI=1S/C13H17ClN4OS/c1-4-8-5-9-11(15-6-10(19)16-7(2)3)17-13(14)18-12(9)20-8/h5,7H,4,6H2,1-3H3,(H,16,19)(H,15,17,18). The Kier molecular flexibility index (Phi) is 4.77. The summed E-state index contributed by atoms with van der Waals surface area (Å²) in [4.78, 5) is 22.1. The SMILES string of the molecule is CCc1cc2c(NCC(=O)NC(C)C)nc(Cl)nc2s1. The molecule has 0 aromatic carbocycles. The zero-order valence-corrected chi connectivity index (χ0v) is 13.2. The van der Waals surface area contributed by atoms with Gasteiger partial charge in [0.25, 0.3) is 0 Å². The van der Waals surface area contributed by atoms with E-state index in [1.807, 2.05) is 19.9 Å². The molecule has 2 aromatic rings. The fourth-order valence-electron chi connectivity index (χ4n) is 1.79. The van der Waals surface area contributed by atoms with Gasteiger partial charge in [-0.25, -0.2) is 9.97 Å². The van der Waals surface area contributed by atoms with Crippen molar-refractivity contribution in [3.63, 3.8) is 0 Å². The van der Waals surface area contributed by atoms with Crippen LogP contribution in [-0.2, 0) is 11.2 Å². The Morgan fingerprint density at radius 1 is 1.45 bits per heavy atom. The monoisotopic (exact) mass is 312 g/mol. The molecule has 5 nitrogen and oxygen atoms in total. The van der Waals surface area contributed by atoms with Crippen LogP contribution in [0.2, 0.25) is 5.28 Å². The largest absolute Gasteiger partial charge is 0.360 e. The summed E-state index contributed by atoms with van der Waals surface area (Å²) in [6, 6.07) is 2.16. The summed E-state index contributed by atoms with van der Waals surface area (Å²) in [6.45, 7) is 6.09. The van der Waals surface area contributed by atoms with E-state index in [-0.39, 0.29) is 23.8 Å². The third kappa shape index (κ3) is 3.58. The first kappa shape index (κ1) is 15.0. The minimum Gasteiger partial charge on any atom is -0.360 e. The first-order valence-electron chi connectivity index (χ1n) is 6.48. The molecule has 20 heavy (non-hydrogen) atoms. The number of halogens is 1. The Hall–Kier alpha value is -1.40. The fraction of sp³-hybridized carbons (Fsp3) is 0.462. The van der Waals surface area contributed by atoms with Crippen LogP contribution in [0.25, 0.3) is 10.2 Å². The van der Waals surface area contributed by atoms with Crippen molar-refractivity contribution in [3.8, 4) is 0 Å². The van der Waals surface area contributed by atoms with E-state index in [1.165, 1.54) is 4.88 Å². The van der Waals surface area contributed by atoms with Crippen molar-refractivity contribution in [3.05, 3.63) is 16.2 Å². The van der Waals surface area contributed by atoms with Gasteiger partial charge in [-0.1, -0.05) is 6.92 Å². The Bertz CT molecular complexity index is 626. The summed E-state index contributed by atoms with van der Waals surface area (Å²) in [7, 11) is 0. The Balaban J connectivity index is 2.20. The lowest BCUT2D eigenvalue weighted by molar-refractivity contribution is -0.119. The Morgan fingerprint density at radius 3 is 2.85 bits per heavy atom. The van der Waals surface area contributed by atoms with Crippen LogP contribution in [0, 0.1) is 0 Å². The van der Waals surface area contributed by atoms with Crippen molar-refractivity contribution in [2.45, 2.75) is 33.2 Å². The van der Waals surface area contributed by atoms with Crippen LogP contribution in [0.4, 0.5) is 5.82 Å². The molecule has 0 radical (unpaired) electrons. The number of thiophene rings is 1. The predicted octanol–water partition coefficient (Wildman–Crippen LogP) is 2.84. The highest BCUT2D eigenvalue weighted by Crippen LogP contribution is 2.30. The maximum Gasteiger partial charge on any atom is 0.239 e. The van der Waals surface area contributed by atoms with Gasteiger partial charge >= 0.3 is 0 Å². The van der Waals surface area contributed by atoms with E-state index in [9.17, 15) is 4.79 Å². The van der Waals surface area contributed by atoms with Crippen LogP contribution in [0.3, 0.4) is 0 Å². The molecule has 2 aromatic heterocycles. The van der Waals surface area contributed by atoms with Crippen LogP contribution >= 0.6 is 22.9 Å². The van der Waals surface area contributed by atoms with Crippen molar-refractivity contribution in [1.29, 1.82) is 0 Å². The zero-order valence-electron chi connectivity index (χ0n) is 11.7. The summed E-state index contributed by atoms with van der Waals surface area (Å²) in [6.07, 6.45) is 0.936. The minimum absolute atomic E-state index is 0.0752. The fourth-order valence-corrected chi connectivity index (χ4v) is 2.98. The number of aromatic nitrogens is 2. The molecule has 0 spiro atoms.